The second-order valence-corrected chi connectivity index (χ2v) is 6.36. The number of nitrogens with zero attached hydrogens (tertiary/aromatic N) is 6. The third-order valence-electron chi connectivity index (χ3n) is 4.67. The lowest BCUT2D eigenvalue weighted by atomic mass is 10.3. The van der Waals surface area contributed by atoms with E-state index in [1.165, 1.54) is 0 Å². The molecule has 0 spiro atoms. The molecule has 27 heavy (non-hydrogen) atoms. The standard InChI is InChI=1S/C18H19N9/c1-2-20-16(26-6-3-19-4-7-26)9-14(1)25-17-18-22-12-15(13-10-23-24-11-13)27(18)8-5-21-17/h1-2,5,8-12,19H,3-4,6-7H2,(H,23,24)(H,20,21,25). The zero-order valence-corrected chi connectivity index (χ0v) is 14.6. The number of aromatic amines is 1. The maximum atomic E-state index is 4.55. The number of aromatic nitrogens is 6. The highest BCUT2D eigenvalue weighted by atomic mass is 15.2. The van der Waals surface area contributed by atoms with Crippen molar-refractivity contribution in [1.29, 1.82) is 0 Å². The molecule has 1 aliphatic heterocycles. The van der Waals surface area contributed by atoms with Crippen LogP contribution < -0.4 is 15.5 Å². The first kappa shape index (κ1) is 15.8. The molecule has 1 fully saturated rings. The molecule has 3 N–H and O–H groups in total. The van der Waals surface area contributed by atoms with Gasteiger partial charge in [0.25, 0.3) is 0 Å². The van der Waals surface area contributed by atoms with Crippen LogP contribution in [0.4, 0.5) is 17.3 Å². The number of anilines is 3. The zero-order chi connectivity index (χ0) is 18.1. The molecular weight excluding hydrogens is 342 g/mol. The van der Waals surface area contributed by atoms with Crippen molar-refractivity contribution >= 4 is 23.0 Å². The van der Waals surface area contributed by atoms with Crippen molar-refractivity contribution in [3.63, 3.8) is 0 Å². The van der Waals surface area contributed by atoms with Gasteiger partial charge in [-0.3, -0.25) is 9.50 Å². The minimum absolute atomic E-state index is 0.699. The van der Waals surface area contributed by atoms with Crippen LogP contribution in [0.15, 0.2) is 49.3 Å². The smallest absolute Gasteiger partial charge is 0.180 e. The second kappa shape index (κ2) is 6.69. The van der Waals surface area contributed by atoms with Gasteiger partial charge in [-0.1, -0.05) is 0 Å². The number of hydrogen-bond donors (Lipinski definition) is 3. The van der Waals surface area contributed by atoms with E-state index < -0.39 is 0 Å². The van der Waals surface area contributed by atoms with Gasteiger partial charge < -0.3 is 15.5 Å². The van der Waals surface area contributed by atoms with E-state index in [2.05, 4.69) is 46.7 Å². The van der Waals surface area contributed by atoms with Crippen molar-refractivity contribution in [1.82, 2.24) is 34.9 Å². The van der Waals surface area contributed by atoms with E-state index in [0.29, 0.717) is 5.82 Å². The van der Waals surface area contributed by atoms with Crippen LogP contribution in [-0.4, -0.2) is 55.7 Å². The van der Waals surface area contributed by atoms with Crippen LogP contribution in [0, 0.1) is 0 Å². The number of fused-ring (bicyclic) bond motifs is 1. The SMILES string of the molecule is c1cc(Nc2nccn3c(-c4cn[nH]c4)cnc23)cc(N2CCNCC2)n1. The number of nitrogens with one attached hydrogen (secondary N) is 3. The molecule has 5 rings (SSSR count). The fourth-order valence-corrected chi connectivity index (χ4v) is 3.31. The van der Waals surface area contributed by atoms with Crippen LogP contribution in [0.1, 0.15) is 0 Å². The van der Waals surface area contributed by atoms with Crippen molar-refractivity contribution < 1.29 is 0 Å². The Morgan fingerprint density at radius 2 is 1.96 bits per heavy atom. The molecule has 0 aromatic carbocycles. The van der Waals surface area contributed by atoms with Crippen molar-refractivity contribution in [3.05, 3.63) is 49.3 Å². The number of imidazole rings is 1. The first-order valence-corrected chi connectivity index (χ1v) is 8.88. The molecule has 0 radical (unpaired) electrons. The normalized spacial score (nSPS) is 14.6. The summed E-state index contributed by atoms with van der Waals surface area (Å²) < 4.78 is 2.00. The fraction of sp³-hybridized carbons (Fsp3) is 0.222. The molecule has 9 nitrogen and oxygen atoms in total. The van der Waals surface area contributed by atoms with Crippen molar-refractivity contribution in [3.8, 4) is 11.3 Å². The molecule has 0 amide bonds. The van der Waals surface area contributed by atoms with Gasteiger partial charge in [0.2, 0.25) is 0 Å². The molecule has 4 aromatic rings. The average Bonchev–Trinajstić information content (AvgIpc) is 3.39. The van der Waals surface area contributed by atoms with Gasteiger partial charge in [-0.05, 0) is 6.07 Å². The minimum atomic E-state index is 0.699. The highest BCUT2D eigenvalue weighted by Crippen LogP contribution is 2.25. The summed E-state index contributed by atoms with van der Waals surface area (Å²) in [6.07, 6.45) is 10.9. The summed E-state index contributed by atoms with van der Waals surface area (Å²) in [5, 5.41) is 13.6. The molecule has 4 aromatic heterocycles. The van der Waals surface area contributed by atoms with Gasteiger partial charge >= 0.3 is 0 Å². The Labute approximate surface area is 155 Å². The predicted octanol–water partition coefficient (Wildman–Crippen LogP) is 1.67. The quantitative estimate of drug-likeness (QED) is 0.508. The van der Waals surface area contributed by atoms with Crippen LogP contribution in [0.3, 0.4) is 0 Å². The van der Waals surface area contributed by atoms with Crippen LogP contribution in [0.2, 0.25) is 0 Å². The molecule has 1 aliphatic rings. The molecule has 1 saturated heterocycles. The Morgan fingerprint density at radius 3 is 2.81 bits per heavy atom. The summed E-state index contributed by atoms with van der Waals surface area (Å²) in [6, 6.07) is 3.99. The highest BCUT2D eigenvalue weighted by Gasteiger charge is 2.14. The summed E-state index contributed by atoms with van der Waals surface area (Å²) in [4.78, 5) is 15.8. The van der Waals surface area contributed by atoms with Crippen molar-refractivity contribution in [2.24, 2.45) is 0 Å². The number of H-pyrrole nitrogens is 1. The molecule has 9 heteroatoms. The number of hydrogen-bond acceptors (Lipinski definition) is 7. The van der Waals surface area contributed by atoms with Gasteiger partial charge in [-0.25, -0.2) is 15.0 Å². The van der Waals surface area contributed by atoms with Gasteiger partial charge in [0.05, 0.1) is 18.1 Å². The van der Waals surface area contributed by atoms with Gasteiger partial charge in [0, 0.05) is 68.3 Å². The lowest BCUT2D eigenvalue weighted by Crippen LogP contribution is -2.43. The van der Waals surface area contributed by atoms with Crippen LogP contribution in [0.5, 0.6) is 0 Å². The third kappa shape index (κ3) is 2.97. The fourth-order valence-electron chi connectivity index (χ4n) is 3.31. The summed E-state index contributed by atoms with van der Waals surface area (Å²) in [5.41, 5.74) is 3.63. The Balaban J connectivity index is 1.47. The molecular formula is C18H19N9. The number of piperazine rings is 1. The van der Waals surface area contributed by atoms with Crippen molar-refractivity contribution in [2.45, 2.75) is 0 Å². The molecule has 136 valence electrons. The zero-order valence-electron chi connectivity index (χ0n) is 14.6. The topological polar surface area (TPSA) is 99.1 Å². The van der Waals surface area contributed by atoms with E-state index in [0.717, 1.165) is 54.6 Å². The van der Waals surface area contributed by atoms with E-state index in [1.54, 1.807) is 12.4 Å². The Hall–Kier alpha value is -3.46. The first-order valence-electron chi connectivity index (χ1n) is 8.88. The molecule has 0 unspecified atom stereocenters. The summed E-state index contributed by atoms with van der Waals surface area (Å²) in [6.45, 7) is 3.87. The van der Waals surface area contributed by atoms with Crippen LogP contribution in [0.25, 0.3) is 16.9 Å². The summed E-state index contributed by atoms with van der Waals surface area (Å²) in [5.74, 6) is 1.67. The third-order valence-corrected chi connectivity index (χ3v) is 4.67. The molecule has 0 saturated carbocycles. The summed E-state index contributed by atoms with van der Waals surface area (Å²) in [7, 11) is 0. The lowest BCUT2D eigenvalue weighted by Gasteiger charge is -2.28. The molecule has 5 heterocycles. The Bertz CT molecular complexity index is 1050. The first-order chi connectivity index (χ1) is 13.4. The van der Waals surface area contributed by atoms with Gasteiger partial charge in [0.1, 0.15) is 5.82 Å². The summed E-state index contributed by atoms with van der Waals surface area (Å²) >= 11 is 0. The van der Waals surface area contributed by atoms with Crippen molar-refractivity contribution in [2.75, 3.05) is 36.4 Å². The van der Waals surface area contributed by atoms with E-state index in [1.807, 2.05) is 35.3 Å². The maximum absolute atomic E-state index is 4.55. The highest BCUT2D eigenvalue weighted by molar-refractivity contribution is 5.74. The van der Waals surface area contributed by atoms with Gasteiger partial charge in [-0.15, -0.1) is 0 Å². The van der Waals surface area contributed by atoms with E-state index in [9.17, 15) is 0 Å². The average molecular weight is 361 g/mol. The lowest BCUT2D eigenvalue weighted by molar-refractivity contribution is 0.585. The second-order valence-electron chi connectivity index (χ2n) is 6.36. The van der Waals surface area contributed by atoms with Gasteiger partial charge in [0.15, 0.2) is 11.5 Å². The number of rotatable bonds is 4. The van der Waals surface area contributed by atoms with Gasteiger partial charge in [-0.2, -0.15) is 5.10 Å². The number of pyridine rings is 1. The molecule has 0 atom stereocenters. The largest absolute Gasteiger partial charge is 0.354 e. The Morgan fingerprint density at radius 1 is 1.04 bits per heavy atom. The van der Waals surface area contributed by atoms with E-state index in [4.69, 9.17) is 0 Å². The molecule has 0 aliphatic carbocycles. The maximum Gasteiger partial charge on any atom is 0.180 e. The van der Waals surface area contributed by atoms with E-state index >= 15 is 0 Å². The monoisotopic (exact) mass is 361 g/mol. The van der Waals surface area contributed by atoms with Crippen LogP contribution >= 0.6 is 0 Å². The predicted molar refractivity (Wildman–Crippen MR) is 103 cm³/mol. The minimum Gasteiger partial charge on any atom is -0.354 e. The van der Waals surface area contributed by atoms with E-state index in [-0.39, 0.29) is 0 Å². The van der Waals surface area contributed by atoms with Crippen LogP contribution in [-0.2, 0) is 0 Å². The molecule has 0 bridgehead atoms. The Kier molecular flexibility index (Phi) is 3.91.